The van der Waals surface area contributed by atoms with Crippen molar-refractivity contribution in [1.82, 2.24) is 9.21 Å². The number of rotatable bonds is 12. The summed E-state index contributed by atoms with van der Waals surface area (Å²) in [7, 11) is -7.08. The highest BCUT2D eigenvalue weighted by molar-refractivity contribution is 7.78. The van der Waals surface area contributed by atoms with Crippen LogP contribution in [-0.2, 0) is 13.9 Å². The summed E-state index contributed by atoms with van der Waals surface area (Å²) in [5.41, 5.74) is 19.5. The minimum absolute atomic E-state index is 0.299. The molecule has 39 heavy (non-hydrogen) atoms. The molecule has 4 rings (SSSR count). The molecular formula is C24H33N6O6P3. The van der Waals surface area contributed by atoms with Crippen molar-refractivity contribution >= 4 is 41.6 Å². The third-order valence-electron chi connectivity index (χ3n) is 4.89. The zero-order valence-corrected chi connectivity index (χ0v) is 24.6. The van der Waals surface area contributed by atoms with Crippen molar-refractivity contribution in [2.24, 2.45) is 4.52 Å². The average molecular weight is 594 g/mol. The molecule has 0 saturated heterocycles. The molecule has 0 amide bonds. The maximum atomic E-state index is 6.53. The van der Waals surface area contributed by atoms with Gasteiger partial charge in [0, 0.05) is 21.7 Å². The molecule has 0 aliphatic carbocycles. The summed E-state index contributed by atoms with van der Waals surface area (Å²) < 4.78 is 33.5. The van der Waals surface area contributed by atoms with Gasteiger partial charge < -0.3 is 40.1 Å². The second-order valence-corrected chi connectivity index (χ2v) is 13.5. The quantitative estimate of drug-likeness (QED) is 0.148. The third-order valence-corrected chi connectivity index (χ3v) is 12.1. The molecule has 2 atom stereocenters. The van der Waals surface area contributed by atoms with E-state index >= 15 is 0 Å². The molecule has 0 bridgehead atoms. The molecule has 1 heterocycles. The van der Waals surface area contributed by atoms with E-state index in [9.17, 15) is 0 Å². The lowest BCUT2D eigenvalue weighted by molar-refractivity contribution is -0.0467. The fourth-order valence-electron chi connectivity index (χ4n) is 3.22. The lowest BCUT2D eigenvalue weighted by atomic mass is 10.3. The fraction of sp³-hybridized carbons (Fsp3) is 0.250. The van der Waals surface area contributed by atoms with Gasteiger partial charge in [0.05, 0.1) is 19.8 Å². The highest BCUT2D eigenvalue weighted by atomic mass is 31.3. The molecular weight excluding hydrogens is 561 g/mol. The number of hydrogen-bond acceptors (Lipinski definition) is 12. The largest absolute Gasteiger partial charge is 0.441 e. The Labute approximate surface area is 230 Å². The molecule has 2 unspecified atom stereocenters. The van der Waals surface area contributed by atoms with Crippen LogP contribution in [0.3, 0.4) is 0 Å². The summed E-state index contributed by atoms with van der Waals surface area (Å²) in [5.74, 6) is 1.56. The van der Waals surface area contributed by atoms with Crippen molar-refractivity contribution in [2.75, 3.05) is 37.0 Å². The molecule has 0 radical (unpaired) electrons. The summed E-state index contributed by atoms with van der Waals surface area (Å²) in [4.78, 5) is 12.5. The first kappa shape index (κ1) is 29.3. The molecule has 0 aromatic heterocycles. The minimum Gasteiger partial charge on any atom is -0.441 e. The van der Waals surface area contributed by atoms with Crippen LogP contribution in [0.25, 0.3) is 0 Å². The number of benzene rings is 3. The molecule has 1 aliphatic rings. The van der Waals surface area contributed by atoms with E-state index in [2.05, 4.69) is 0 Å². The van der Waals surface area contributed by atoms with Gasteiger partial charge in [0.1, 0.15) is 17.2 Å². The topological polar surface area (TPSA) is 152 Å². The van der Waals surface area contributed by atoms with Crippen molar-refractivity contribution in [2.45, 2.75) is 20.8 Å². The van der Waals surface area contributed by atoms with Crippen LogP contribution in [0.15, 0.2) is 77.3 Å². The summed E-state index contributed by atoms with van der Waals surface area (Å²) in [6.07, 6.45) is 0. The van der Waals surface area contributed by atoms with Crippen LogP contribution in [-0.4, -0.2) is 29.0 Å². The van der Waals surface area contributed by atoms with Gasteiger partial charge in [0.2, 0.25) is 0 Å². The zero-order valence-electron chi connectivity index (χ0n) is 21.9. The summed E-state index contributed by atoms with van der Waals surface area (Å²) >= 11 is 0. The number of nitrogens with two attached hydrogens (primary N) is 3. The molecule has 0 saturated carbocycles. The molecule has 15 heteroatoms. The highest BCUT2D eigenvalue weighted by Gasteiger charge is 2.54. The van der Waals surface area contributed by atoms with Crippen LogP contribution in [0, 0.1) is 0 Å². The van der Waals surface area contributed by atoms with Crippen LogP contribution in [0.4, 0.5) is 17.1 Å². The second-order valence-electron chi connectivity index (χ2n) is 7.83. The standard InChI is InChI=1S/C24H33N6O6P3/c1-4-31-30-38(36-24-17-11-21(27)12-18-24)29(34-22-13-7-19(25)8-14-22)37(28-39(30,32-5-2)33-6-3)35-23-15-9-20(26)10-16-23/h7-18H,4-6,25-27H2,1-3H3. The minimum atomic E-state index is -3.22. The van der Waals surface area contributed by atoms with Crippen molar-refractivity contribution in [3.8, 4) is 17.2 Å². The Kier molecular flexibility index (Phi) is 10.2. The van der Waals surface area contributed by atoms with E-state index < -0.39 is 24.6 Å². The average Bonchev–Trinajstić information content (AvgIpc) is 2.92. The van der Waals surface area contributed by atoms with Crippen LogP contribution in [0.1, 0.15) is 20.8 Å². The van der Waals surface area contributed by atoms with Gasteiger partial charge in [0.15, 0.2) is 0 Å². The zero-order chi connectivity index (χ0) is 27.8. The normalized spacial score (nSPS) is 19.3. The first-order valence-electron chi connectivity index (χ1n) is 12.2. The third kappa shape index (κ3) is 7.31. The smallest absolute Gasteiger partial charge is 0.346 e. The van der Waals surface area contributed by atoms with Gasteiger partial charge in [-0.15, -0.1) is 0 Å². The number of nitrogens with zero attached hydrogens (tertiary/aromatic N) is 3. The van der Waals surface area contributed by atoms with Crippen LogP contribution in [0.5, 0.6) is 17.2 Å². The van der Waals surface area contributed by atoms with Gasteiger partial charge in [-0.1, -0.05) is 0 Å². The van der Waals surface area contributed by atoms with Crippen molar-refractivity contribution in [3.63, 3.8) is 0 Å². The maximum absolute atomic E-state index is 6.53. The first-order valence-corrected chi connectivity index (χ1v) is 16.1. The van der Waals surface area contributed by atoms with Crippen molar-refractivity contribution < 1.29 is 27.8 Å². The molecule has 210 valence electrons. The first-order chi connectivity index (χ1) is 18.9. The Balaban J connectivity index is 1.86. The fourth-order valence-corrected chi connectivity index (χ4v) is 11.0. The molecule has 3 aromatic carbocycles. The highest BCUT2D eigenvalue weighted by Crippen LogP contribution is 2.78. The number of hydrogen-bond donors (Lipinski definition) is 3. The Morgan fingerprint density at radius 1 is 0.667 bits per heavy atom. The Morgan fingerprint density at radius 3 is 1.59 bits per heavy atom. The van der Waals surface area contributed by atoms with Gasteiger partial charge >= 0.3 is 24.6 Å². The van der Waals surface area contributed by atoms with Gasteiger partial charge in [0.25, 0.3) is 0 Å². The number of nitrogen functional groups attached to an aromatic ring is 3. The van der Waals surface area contributed by atoms with Crippen LogP contribution >= 0.6 is 24.6 Å². The lowest BCUT2D eigenvalue weighted by Gasteiger charge is -2.44. The summed E-state index contributed by atoms with van der Waals surface area (Å²) in [6.45, 7) is 6.52. The van der Waals surface area contributed by atoms with E-state index in [0.717, 1.165) is 0 Å². The molecule has 6 N–H and O–H groups in total. The summed E-state index contributed by atoms with van der Waals surface area (Å²) in [6, 6.07) is 21.0. The Bertz CT molecular complexity index is 1240. The van der Waals surface area contributed by atoms with E-state index in [1.807, 2.05) is 20.8 Å². The number of anilines is 3. The van der Waals surface area contributed by atoms with E-state index in [1.54, 1.807) is 82.0 Å². The lowest BCUT2D eigenvalue weighted by Crippen LogP contribution is -2.34. The van der Waals surface area contributed by atoms with E-state index in [-0.39, 0.29) is 0 Å². The van der Waals surface area contributed by atoms with Gasteiger partial charge in [-0.3, -0.25) is 4.84 Å². The second kappa shape index (κ2) is 13.6. The maximum Gasteiger partial charge on any atom is 0.346 e. The van der Waals surface area contributed by atoms with E-state index in [1.165, 1.54) is 0 Å². The summed E-state index contributed by atoms with van der Waals surface area (Å²) in [5, 5.41) is 0. The molecule has 12 nitrogen and oxygen atoms in total. The predicted octanol–water partition coefficient (Wildman–Crippen LogP) is 6.93. The van der Waals surface area contributed by atoms with Crippen LogP contribution < -0.4 is 31.1 Å². The molecule has 0 spiro atoms. The SMILES string of the molecule is CCON1P(Oc2ccc(N)cc2)N(Oc2ccc(N)cc2)P(Oc2ccc(N)cc2)N=P1(OCC)OCC. The molecule has 1 aliphatic heterocycles. The predicted molar refractivity (Wildman–Crippen MR) is 156 cm³/mol. The van der Waals surface area contributed by atoms with Crippen LogP contribution in [0.2, 0.25) is 0 Å². The molecule has 3 aromatic rings. The van der Waals surface area contributed by atoms with Gasteiger partial charge in [-0.05, 0) is 98.2 Å². The van der Waals surface area contributed by atoms with Crippen molar-refractivity contribution in [3.05, 3.63) is 72.8 Å². The Morgan fingerprint density at radius 2 is 1.13 bits per heavy atom. The van der Waals surface area contributed by atoms with Gasteiger partial charge in [-0.2, -0.15) is 4.52 Å². The van der Waals surface area contributed by atoms with Crippen molar-refractivity contribution in [1.29, 1.82) is 0 Å². The Hall–Kier alpha value is -2.65. The molecule has 0 fully saturated rings. The van der Waals surface area contributed by atoms with Gasteiger partial charge in [-0.25, -0.2) is 0 Å². The van der Waals surface area contributed by atoms with E-state index in [0.29, 0.717) is 54.1 Å². The monoisotopic (exact) mass is 594 g/mol. The van der Waals surface area contributed by atoms with E-state index in [4.69, 9.17) is 49.5 Å².